The standard InChI is InChI=1S/C52H40N2O/c1-2-13-36(14-3-1)53-42-20-8-5-16-38(42)50-44(53)22-11-23-45(50)54(46-24-12-26-48-51(46)39-17-6-9-25-47(39)55-48)43-21-10-19-41-49(43)37-15-4-7-18-40(37)52(41)34-28-32-27-33(30-34)31-35(52)29-32/h1-26,32-35H,27-31H2. The van der Waals surface area contributed by atoms with Crippen molar-refractivity contribution in [3.8, 4) is 16.8 Å². The van der Waals surface area contributed by atoms with Gasteiger partial charge in [-0.05, 0) is 127 Å². The van der Waals surface area contributed by atoms with Gasteiger partial charge >= 0.3 is 0 Å². The number of anilines is 3. The van der Waals surface area contributed by atoms with Crippen molar-refractivity contribution in [2.24, 2.45) is 23.7 Å². The first-order chi connectivity index (χ1) is 27.3. The normalized spacial score (nSPS) is 23.3. The zero-order valence-electron chi connectivity index (χ0n) is 30.7. The number of fused-ring (bicyclic) bond motifs is 9. The van der Waals surface area contributed by atoms with Gasteiger partial charge < -0.3 is 13.9 Å². The molecule has 0 unspecified atom stereocenters. The number of nitrogens with zero attached hydrogens (tertiary/aromatic N) is 2. The average molecular weight is 709 g/mol. The SMILES string of the molecule is c1ccc(-n2c3ccccc3c3c(N(c4cccc5c4-c4ccccc4C54C5CC6CC(C5)CC4C6)c4cccc5oc6ccccc6c45)cccc32)cc1. The van der Waals surface area contributed by atoms with Crippen molar-refractivity contribution in [3.63, 3.8) is 0 Å². The fraction of sp³-hybridized carbons (Fsp3) is 0.192. The van der Waals surface area contributed by atoms with Crippen molar-refractivity contribution in [1.29, 1.82) is 0 Å². The second-order valence-electron chi connectivity index (χ2n) is 16.9. The molecule has 4 saturated carbocycles. The lowest BCUT2D eigenvalue weighted by Gasteiger charge is -2.61. The molecule has 3 nitrogen and oxygen atoms in total. The van der Waals surface area contributed by atoms with Crippen LogP contribution in [0.15, 0.2) is 162 Å². The number of para-hydroxylation sites is 3. The summed E-state index contributed by atoms with van der Waals surface area (Å²) < 4.78 is 9.05. The highest BCUT2D eigenvalue weighted by Crippen LogP contribution is 2.70. The van der Waals surface area contributed by atoms with E-state index in [1.807, 2.05) is 0 Å². The van der Waals surface area contributed by atoms with Crippen LogP contribution in [0.25, 0.3) is 60.6 Å². The van der Waals surface area contributed by atoms with Crippen LogP contribution in [-0.4, -0.2) is 4.57 Å². The van der Waals surface area contributed by atoms with Crippen LogP contribution in [0.5, 0.6) is 0 Å². The molecule has 0 amide bonds. The van der Waals surface area contributed by atoms with E-state index in [9.17, 15) is 0 Å². The fourth-order valence-corrected chi connectivity index (χ4v) is 12.7. The summed E-state index contributed by atoms with van der Waals surface area (Å²) >= 11 is 0. The Hall–Kier alpha value is -6.06. The van der Waals surface area contributed by atoms with Crippen LogP contribution in [0.2, 0.25) is 0 Å². The van der Waals surface area contributed by atoms with E-state index >= 15 is 0 Å². The fourth-order valence-electron chi connectivity index (χ4n) is 12.7. The Morgan fingerprint density at radius 1 is 0.473 bits per heavy atom. The number of hydrogen-bond acceptors (Lipinski definition) is 2. The van der Waals surface area contributed by atoms with E-state index in [2.05, 4.69) is 167 Å². The van der Waals surface area contributed by atoms with Gasteiger partial charge in [0.25, 0.3) is 0 Å². The van der Waals surface area contributed by atoms with Crippen LogP contribution >= 0.6 is 0 Å². The van der Waals surface area contributed by atoms with Crippen LogP contribution in [0.3, 0.4) is 0 Å². The summed E-state index contributed by atoms with van der Waals surface area (Å²) in [6.45, 7) is 0. The highest BCUT2D eigenvalue weighted by molar-refractivity contribution is 6.20. The minimum Gasteiger partial charge on any atom is -0.456 e. The molecule has 4 fully saturated rings. The number of aromatic nitrogens is 1. The van der Waals surface area contributed by atoms with Gasteiger partial charge in [-0.15, -0.1) is 0 Å². The Morgan fingerprint density at radius 2 is 1.07 bits per heavy atom. The third kappa shape index (κ3) is 3.91. The largest absolute Gasteiger partial charge is 0.456 e. The molecule has 4 bridgehead atoms. The predicted octanol–water partition coefficient (Wildman–Crippen LogP) is 13.9. The molecule has 5 aliphatic rings. The molecule has 0 saturated heterocycles. The monoisotopic (exact) mass is 708 g/mol. The second-order valence-corrected chi connectivity index (χ2v) is 16.9. The van der Waals surface area contributed by atoms with Gasteiger partial charge in [0.05, 0.1) is 33.5 Å². The first-order valence-electron chi connectivity index (χ1n) is 20.3. The van der Waals surface area contributed by atoms with Crippen molar-refractivity contribution in [1.82, 2.24) is 4.57 Å². The summed E-state index contributed by atoms with van der Waals surface area (Å²) in [5.41, 5.74) is 15.0. The third-order valence-corrected chi connectivity index (χ3v) is 14.3. The summed E-state index contributed by atoms with van der Waals surface area (Å²) in [5.74, 6) is 3.19. The van der Waals surface area contributed by atoms with Crippen molar-refractivity contribution >= 4 is 60.8 Å². The van der Waals surface area contributed by atoms with E-state index in [1.165, 1.54) is 82.1 Å². The van der Waals surface area contributed by atoms with Crippen molar-refractivity contribution in [3.05, 3.63) is 169 Å². The van der Waals surface area contributed by atoms with Gasteiger partial charge in [-0.25, -0.2) is 0 Å². The highest BCUT2D eigenvalue weighted by Gasteiger charge is 2.61. The number of furan rings is 1. The molecule has 0 N–H and O–H groups in total. The van der Waals surface area contributed by atoms with Crippen LogP contribution < -0.4 is 4.90 Å². The minimum absolute atomic E-state index is 0.0741. The first kappa shape index (κ1) is 30.3. The maximum Gasteiger partial charge on any atom is 0.137 e. The molecule has 5 aliphatic carbocycles. The lowest BCUT2D eigenvalue weighted by atomic mass is 9.43. The van der Waals surface area contributed by atoms with Crippen molar-refractivity contribution < 1.29 is 4.42 Å². The summed E-state index contributed by atoms with van der Waals surface area (Å²) in [7, 11) is 0. The van der Waals surface area contributed by atoms with E-state index in [1.54, 1.807) is 11.1 Å². The van der Waals surface area contributed by atoms with Gasteiger partial charge in [-0.1, -0.05) is 103 Å². The lowest BCUT2D eigenvalue weighted by molar-refractivity contribution is -0.0399. The first-order valence-corrected chi connectivity index (χ1v) is 20.3. The summed E-state index contributed by atoms with van der Waals surface area (Å²) in [5, 5.41) is 4.79. The van der Waals surface area contributed by atoms with E-state index < -0.39 is 0 Å². The molecule has 3 heteroatoms. The molecular weight excluding hydrogens is 669 g/mol. The van der Waals surface area contributed by atoms with Crippen LogP contribution in [-0.2, 0) is 5.41 Å². The molecule has 0 atom stereocenters. The molecule has 2 heterocycles. The van der Waals surface area contributed by atoms with Gasteiger partial charge in [-0.2, -0.15) is 0 Å². The third-order valence-electron chi connectivity index (χ3n) is 14.3. The molecule has 0 aliphatic heterocycles. The Morgan fingerprint density at radius 3 is 1.91 bits per heavy atom. The average Bonchev–Trinajstić information content (AvgIpc) is 3.88. The quantitative estimate of drug-likeness (QED) is 0.181. The lowest BCUT2D eigenvalue weighted by Crippen LogP contribution is -2.55. The van der Waals surface area contributed by atoms with E-state index in [0.717, 1.165) is 39.5 Å². The Labute approximate surface area is 320 Å². The molecule has 1 spiro atoms. The van der Waals surface area contributed by atoms with E-state index in [4.69, 9.17) is 4.42 Å². The Kier molecular flexibility index (Phi) is 6.06. The molecule has 55 heavy (non-hydrogen) atoms. The van der Waals surface area contributed by atoms with Crippen LogP contribution in [0.4, 0.5) is 17.1 Å². The zero-order valence-corrected chi connectivity index (χ0v) is 30.7. The molecule has 9 aromatic rings. The van der Waals surface area contributed by atoms with Crippen molar-refractivity contribution in [2.45, 2.75) is 37.5 Å². The zero-order chi connectivity index (χ0) is 35.8. The maximum absolute atomic E-state index is 6.61. The van der Waals surface area contributed by atoms with Crippen LogP contribution in [0, 0.1) is 23.7 Å². The van der Waals surface area contributed by atoms with Crippen LogP contribution in [0.1, 0.15) is 43.2 Å². The van der Waals surface area contributed by atoms with Crippen molar-refractivity contribution in [2.75, 3.05) is 4.90 Å². The molecule has 7 aromatic carbocycles. The predicted molar refractivity (Wildman–Crippen MR) is 226 cm³/mol. The van der Waals surface area contributed by atoms with Gasteiger partial charge in [-0.3, -0.25) is 0 Å². The summed E-state index contributed by atoms with van der Waals surface area (Å²) in [4.78, 5) is 2.61. The molecule has 14 rings (SSSR count). The summed E-state index contributed by atoms with van der Waals surface area (Å²) in [6.07, 6.45) is 6.93. The Bertz CT molecular complexity index is 2990. The molecule has 0 radical (unpaired) electrons. The number of benzene rings is 7. The maximum atomic E-state index is 6.61. The van der Waals surface area contributed by atoms with E-state index in [0.29, 0.717) is 11.8 Å². The summed E-state index contributed by atoms with van der Waals surface area (Å²) in [6, 6.07) is 58.7. The number of hydrogen-bond donors (Lipinski definition) is 0. The molecule has 264 valence electrons. The number of rotatable bonds is 4. The van der Waals surface area contributed by atoms with Gasteiger partial charge in [0.2, 0.25) is 0 Å². The van der Waals surface area contributed by atoms with Gasteiger partial charge in [0.15, 0.2) is 0 Å². The van der Waals surface area contributed by atoms with Gasteiger partial charge in [0.1, 0.15) is 11.2 Å². The Balaban J connectivity index is 1.17. The smallest absolute Gasteiger partial charge is 0.137 e. The topological polar surface area (TPSA) is 21.3 Å². The van der Waals surface area contributed by atoms with Gasteiger partial charge in [0, 0.05) is 32.8 Å². The highest BCUT2D eigenvalue weighted by atomic mass is 16.3. The van der Waals surface area contributed by atoms with E-state index in [-0.39, 0.29) is 5.41 Å². The minimum atomic E-state index is 0.0741. The molecular formula is C52H40N2O. The second kappa shape index (κ2) is 11.0. The molecule has 2 aromatic heterocycles.